The van der Waals surface area contributed by atoms with E-state index in [2.05, 4.69) is 10.3 Å². The van der Waals surface area contributed by atoms with Gasteiger partial charge in [-0.1, -0.05) is 36.4 Å². The molecule has 1 amide bonds. The molecule has 30 heavy (non-hydrogen) atoms. The quantitative estimate of drug-likeness (QED) is 0.500. The molecule has 0 aliphatic carbocycles. The molecule has 0 saturated heterocycles. The summed E-state index contributed by atoms with van der Waals surface area (Å²) in [6.45, 7) is 0. The second-order valence-corrected chi connectivity index (χ2v) is 6.47. The van der Waals surface area contributed by atoms with Gasteiger partial charge in [0.15, 0.2) is 0 Å². The molecule has 4 aromatic rings. The zero-order valence-electron chi connectivity index (χ0n) is 16.2. The van der Waals surface area contributed by atoms with Crippen LogP contribution in [0.25, 0.3) is 28.4 Å². The molecule has 0 saturated carbocycles. The van der Waals surface area contributed by atoms with E-state index >= 15 is 0 Å². The van der Waals surface area contributed by atoms with Crippen molar-refractivity contribution in [3.05, 3.63) is 94.9 Å². The lowest BCUT2D eigenvalue weighted by Gasteiger charge is -2.06. The molecule has 0 spiro atoms. The van der Waals surface area contributed by atoms with Crippen molar-refractivity contribution in [3.8, 4) is 17.2 Å². The van der Waals surface area contributed by atoms with Crippen molar-refractivity contribution < 1.29 is 13.9 Å². The number of benzene rings is 3. The zero-order chi connectivity index (χ0) is 20.9. The number of carbonyl (C=O) groups is 1. The van der Waals surface area contributed by atoms with E-state index in [4.69, 9.17) is 9.15 Å². The molecule has 4 rings (SSSR count). The number of aromatic nitrogens is 1. The second kappa shape index (κ2) is 8.45. The van der Waals surface area contributed by atoms with Gasteiger partial charge in [-0.3, -0.25) is 4.79 Å². The highest BCUT2D eigenvalue weighted by Crippen LogP contribution is 2.22. The van der Waals surface area contributed by atoms with Gasteiger partial charge >= 0.3 is 5.63 Å². The number of rotatable bonds is 5. The van der Waals surface area contributed by atoms with Gasteiger partial charge in [0.25, 0.3) is 0 Å². The first-order valence-corrected chi connectivity index (χ1v) is 9.26. The third kappa shape index (κ3) is 4.12. The van der Waals surface area contributed by atoms with Crippen LogP contribution in [0.4, 0.5) is 5.69 Å². The zero-order valence-corrected chi connectivity index (χ0v) is 16.2. The van der Waals surface area contributed by atoms with E-state index in [1.54, 1.807) is 55.7 Å². The maximum atomic E-state index is 12.3. The highest BCUT2D eigenvalue weighted by Gasteiger charge is 2.09. The predicted octanol–water partition coefficient (Wildman–Crippen LogP) is 4.52. The highest BCUT2D eigenvalue weighted by atomic mass is 16.5. The van der Waals surface area contributed by atoms with Crippen LogP contribution in [0.1, 0.15) is 5.56 Å². The van der Waals surface area contributed by atoms with Crippen LogP contribution in [-0.4, -0.2) is 18.0 Å². The van der Waals surface area contributed by atoms with E-state index in [9.17, 15) is 9.59 Å². The van der Waals surface area contributed by atoms with E-state index in [1.165, 1.54) is 6.08 Å². The summed E-state index contributed by atoms with van der Waals surface area (Å²) < 4.78 is 10.6. The Morgan fingerprint density at radius 3 is 2.70 bits per heavy atom. The summed E-state index contributed by atoms with van der Waals surface area (Å²) in [5, 5.41) is 3.22. The number of methoxy groups -OCH3 is 1. The van der Waals surface area contributed by atoms with Gasteiger partial charge in [-0.15, -0.1) is 0 Å². The van der Waals surface area contributed by atoms with Crippen molar-refractivity contribution in [2.75, 3.05) is 12.4 Å². The summed E-state index contributed by atoms with van der Waals surface area (Å²) >= 11 is 0. The molecule has 1 N–H and O–H groups in total. The Morgan fingerprint density at radius 1 is 1.03 bits per heavy atom. The first-order chi connectivity index (χ1) is 14.6. The topological polar surface area (TPSA) is 81.4 Å². The highest BCUT2D eigenvalue weighted by molar-refractivity contribution is 6.02. The van der Waals surface area contributed by atoms with E-state index in [-0.39, 0.29) is 11.8 Å². The molecule has 1 aromatic heterocycles. The summed E-state index contributed by atoms with van der Waals surface area (Å²) in [6, 6.07) is 21.4. The number of amides is 1. The first kappa shape index (κ1) is 19.1. The van der Waals surface area contributed by atoms with Crippen molar-refractivity contribution in [3.63, 3.8) is 0 Å². The Kier molecular flexibility index (Phi) is 5.39. The van der Waals surface area contributed by atoms with Gasteiger partial charge < -0.3 is 14.5 Å². The predicted molar refractivity (Wildman–Crippen MR) is 116 cm³/mol. The molecule has 148 valence electrons. The van der Waals surface area contributed by atoms with Crippen LogP contribution in [0.5, 0.6) is 5.75 Å². The Bertz CT molecular complexity index is 1310. The molecule has 0 aliphatic heterocycles. The van der Waals surface area contributed by atoms with Crippen LogP contribution < -0.4 is 15.7 Å². The van der Waals surface area contributed by atoms with Crippen LogP contribution in [0.15, 0.2) is 88.1 Å². The van der Waals surface area contributed by atoms with Crippen LogP contribution in [-0.2, 0) is 4.79 Å². The van der Waals surface area contributed by atoms with Crippen LogP contribution in [0, 0.1) is 0 Å². The number of carbonyl (C=O) groups excluding carboxylic acids is 1. The fourth-order valence-electron chi connectivity index (χ4n) is 3.03. The summed E-state index contributed by atoms with van der Waals surface area (Å²) in [5.74, 6) is 0.575. The van der Waals surface area contributed by atoms with Gasteiger partial charge in [0.1, 0.15) is 5.75 Å². The molecule has 0 radical (unpaired) electrons. The normalized spacial score (nSPS) is 11.0. The van der Waals surface area contributed by atoms with E-state index in [1.807, 2.05) is 30.3 Å². The fraction of sp³-hybridized carbons (Fsp3) is 0.0417. The Morgan fingerprint density at radius 2 is 1.83 bits per heavy atom. The van der Waals surface area contributed by atoms with E-state index < -0.39 is 5.63 Å². The third-order valence-electron chi connectivity index (χ3n) is 4.47. The third-order valence-corrected chi connectivity index (χ3v) is 4.47. The number of para-hydroxylation sites is 2. The minimum atomic E-state index is -0.454. The lowest BCUT2D eigenvalue weighted by Crippen LogP contribution is -2.08. The number of ether oxygens (including phenoxy) is 1. The number of nitrogens with one attached hydrogen (secondary N) is 1. The van der Waals surface area contributed by atoms with Crippen LogP contribution >= 0.6 is 0 Å². The van der Waals surface area contributed by atoms with E-state index in [0.29, 0.717) is 27.9 Å². The minimum Gasteiger partial charge on any atom is -0.496 e. The van der Waals surface area contributed by atoms with Gasteiger partial charge in [-0.05, 0) is 42.5 Å². The van der Waals surface area contributed by atoms with Crippen molar-refractivity contribution >= 4 is 28.6 Å². The standard InChI is InChI=1S/C24H18N2O4/c1-29-21-12-5-2-7-16(21)13-14-22(27)25-18-9-6-8-17(15-18)23-26-20-11-4-3-10-19(20)24(28)30-23/h2-15H,1H3,(H,25,27)/b14-13+. The molecular weight excluding hydrogens is 380 g/mol. The SMILES string of the molecule is COc1ccccc1/C=C/C(=O)Nc1cccc(-c2nc3ccccc3c(=O)o2)c1. The lowest BCUT2D eigenvalue weighted by molar-refractivity contribution is -0.111. The Balaban J connectivity index is 1.56. The van der Waals surface area contributed by atoms with Gasteiger partial charge in [0.05, 0.1) is 18.0 Å². The number of hydrogen-bond acceptors (Lipinski definition) is 5. The average Bonchev–Trinajstić information content (AvgIpc) is 2.78. The molecule has 0 fully saturated rings. The Labute approximate surface area is 172 Å². The van der Waals surface area contributed by atoms with Crippen LogP contribution in [0.2, 0.25) is 0 Å². The number of fused-ring (bicyclic) bond motifs is 1. The van der Waals surface area contributed by atoms with Crippen LogP contribution in [0.3, 0.4) is 0 Å². The molecule has 6 nitrogen and oxygen atoms in total. The molecule has 3 aromatic carbocycles. The first-order valence-electron chi connectivity index (χ1n) is 9.26. The summed E-state index contributed by atoms with van der Waals surface area (Å²) in [5.41, 5.74) is 2.04. The Hall–Kier alpha value is -4.19. The number of nitrogens with zero attached hydrogens (tertiary/aromatic N) is 1. The molecule has 6 heteroatoms. The second-order valence-electron chi connectivity index (χ2n) is 6.47. The lowest BCUT2D eigenvalue weighted by atomic mass is 10.1. The monoisotopic (exact) mass is 398 g/mol. The summed E-state index contributed by atoms with van der Waals surface area (Å²) in [7, 11) is 1.58. The van der Waals surface area contributed by atoms with Gasteiger partial charge in [-0.25, -0.2) is 9.78 Å². The van der Waals surface area contributed by atoms with Gasteiger partial charge in [0.2, 0.25) is 11.8 Å². The number of hydrogen-bond donors (Lipinski definition) is 1. The molecule has 0 aliphatic rings. The fourth-order valence-corrected chi connectivity index (χ4v) is 3.03. The minimum absolute atomic E-state index is 0.194. The van der Waals surface area contributed by atoms with Gasteiger partial charge in [0, 0.05) is 22.9 Å². The number of anilines is 1. The average molecular weight is 398 g/mol. The molecule has 0 unspecified atom stereocenters. The molecule has 0 atom stereocenters. The van der Waals surface area contributed by atoms with Crippen molar-refractivity contribution in [2.24, 2.45) is 0 Å². The van der Waals surface area contributed by atoms with Gasteiger partial charge in [-0.2, -0.15) is 0 Å². The van der Waals surface area contributed by atoms with Crippen molar-refractivity contribution in [1.29, 1.82) is 0 Å². The smallest absolute Gasteiger partial charge is 0.347 e. The molecule has 1 heterocycles. The molecular formula is C24H18N2O4. The molecule has 0 bridgehead atoms. The van der Waals surface area contributed by atoms with Crippen molar-refractivity contribution in [1.82, 2.24) is 4.98 Å². The summed E-state index contributed by atoms with van der Waals surface area (Å²) in [6.07, 6.45) is 3.11. The summed E-state index contributed by atoms with van der Waals surface area (Å²) in [4.78, 5) is 29.0. The maximum absolute atomic E-state index is 12.3. The maximum Gasteiger partial charge on any atom is 0.347 e. The largest absolute Gasteiger partial charge is 0.496 e. The van der Waals surface area contributed by atoms with E-state index in [0.717, 1.165) is 5.56 Å². The van der Waals surface area contributed by atoms with Crippen molar-refractivity contribution in [2.45, 2.75) is 0 Å².